The summed E-state index contributed by atoms with van der Waals surface area (Å²) in [6, 6.07) is 6.47. The van der Waals surface area contributed by atoms with Gasteiger partial charge in [0.15, 0.2) is 0 Å². The highest BCUT2D eigenvalue weighted by Crippen LogP contribution is 2.19. The Labute approximate surface area is 113 Å². The molecule has 1 aliphatic heterocycles. The van der Waals surface area contributed by atoms with Gasteiger partial charge in [-0.3, -0.25) is 14.9 Å². The minimum Gasteiger partial charge on any atom is -0.341 e. The van der Waals surface area contributed by atoms with E-state index in [9.17, 15) is 14.9 Å². The molecule has 1 atom stereocenters. The molecule has 1 aliphatic rings. The summed E-state index contributed by atoms with van der Waals surface area (Å²) in [6.45, 7) is 1.44. The van der Waals surface area contributed by atoms with Crippen LogP contribution in [0.1, 0.15) is 12.0 Å². The Bertz CT molecular complexity index is 461. The second-order valence-electron chi connectivity index (χ2n) is 4.26. The zero-order valence-corrected chi connectivity index (χ0v) is 11.3. The molecular weight excluding hydrogens is 300 g/mol. The van der Waals surface area contributed by atoms with E-state index in [1.165, 1.54) is 12.1 Å². The second-order valence-corrected chi connectivity index (χ2v) is 5.36. The summed E-state index contributed by atoms with van der Waals surface area (Å²) in [5, 5.41) is 10.5. The van der Waals surface area contributed by atoms with Gasteiger partial charge in [-0.15, -0.1) is 0 Å². The van der Waals surface area contributed by atoms with Crippen molar-refractivity contribution >= 4 is 27.5 Å². The summed E-state index contributed by atoms with van der Waals surface area (Å²) < 4.78 is 0. The number of nitro groups is 1. The third kappa shape index (κ3) is 2.87. The third-order valence-electron chi connectivity index (χ3n) is 3.05. The van der Waals surface area contributed by atoms with Crippen molar-refractivity contribution in [2.24, 2.45) is 0 Å². The molecule has 0 spiro atoms. The second kappa shape index (κ2) is 5.48. The van der Waals surface area contributed by atoms with Crippen LogP contribution in [-0.4, -0.2) is 33.6 Å². The van der Waals surface area contributed by atoms with E-state index in [2.05, 4.69) is 15.9 Å². The zero-order chi connectivity index (χ0) is 13.1. The molecular formula is C12H13BrN2O3. The number of likely N-dealkylation sites (tertiary alicyclic amines) is 1. The normalized spacial score (nSPS) is 19.3. The van der Waals surface area contributed by atoms with Crippen LogP contribution in [0.4, 0.5) is 5.69 Å². The summed E-state index contributed by atoms with van der Waals surface area (Å²) in [4.78, 5) is 23.5. The van der Waals surface area contributed by atoms with Crippen molar-refractivity contribution < 1.29 is 9.72 Å². The van der Waals surface area contributed by atoms with Gasteiger partial charge in [0.1, 0.15) is 0 Å². The molecule has 0 bridgehead atoms. The molecule has 0 aromatic heterocycles. The van der Waals surface area contributed by atoms with Gasteiger partial charge in [0.05, 0.1) is 9.75 Å². The van der Waals surface area contributed by atoms with Crippen LogP contribution in [-0.2, 0) is 11.2 Å². The lowest BCUT2D eigenvalue weighted by Crippen LogP contribution is -2.29. The Balaban J connectivity index is 1.91. The van der Waals surface area contributed by atoms with Crippen molar-refractivity contribution in [1.82, 2.24) is 4.90 Å². The topological polar surface area (TPSA) is 63.5 Å². The number of carbonyl (C=O) groups is 1. The number of nitro benzene ring substituents is 1. The highest BCUT2D eigenvalue weighted by molar-refractivity contribution is 9.10. The van der Waals surface area contributed by atoms with Gasteiger partial charge in [0, 0.05) is 25.2 Å². The highest BCUT2D eigenvalue weighted by atomic mass is 79.9. The van der Waals surface area contributed by atoms with Crippen LogP contribution < -0.4 is 0 Å². The van der Waals surface area contributed by atoms with Gasteiger partial charge in [-0.05, 0) is 18.4 Å². The van der Waals surface area contributed by atoms with Crippen LogP contribution in [0.3, 0.4) is 0 Å². The molecule has 2 rings (SSSR count). The lowest BCUT2D eigenvalue weighted by atomic mass is 10.1. The number of benzene rings is 1. The maximum absolute atomic E-state index is 11.7. The van der Waals surface area contributed by atoms with Crippen LogP contribution in [0.2, 0.25) is 0 Å². The smallest absolute Gasteiger partial charge is 0.269 e. The first-order valence-electron chi connectivity index (χ1n) is 5.74. The molecule has 0 radical (unpaired) electrons. The number of alkyl halides is 1. The first kappa shape index (κ1) is 13.0. The lowest BCUT2D eigenvalue weighted by molar-refractivity contribution is -0.384. The van der Waals surface area contributed by atoms with Crippen LogP contribution in [0.15, 0.2) is 24.3 Å². The number of rotatable bonds is 4. The Morgan fingerprint density at radius 1 is 1.39 bits per heavy atom. The number of halogens is 1. The average molecular weight is 313 g/mol. The minimum atomic E-state index is -0.413. The predicted octanol–water partition coefficient (Wildman–Crippen LogP) is 2.13. The van der Waals surface area contributed by atoms with E-state index in [0.717, 1.165) is 24.9 Å². The van der Waals surface area contributed by atoms with Gasteiger partial charge in [-0.1, -0.05) is 28.1 Å². The fourth-order valence-electron chi connectivity index (χ4n) is 1.97. The molecule has 5 nitrogen and oxygen atoms in total. The summed E-state index contributed by atoms with van der Waals surface area (Å²) in [6.07, 6.45) is 1.57. The molecule has 1 amide bonds. The molecule has 1 aromatic rings. The number of non-ortho nitro benzene ring substituents is 1. The summed E-state index contributed by atoms with van der Waals surface area (Å²) >= 11 is 3.33. The van der Waals surface area contributed by atoms with Crippen molar-refractivity contribution in [3.63, 3.8) is 0 Å². The van der Waals surface area contributed by atoms with Gasteiger partial charge in [0.2, 0.25) is 5.91 Å². The van der Waals surface area contributed by atoms with Gasteiger partial charge in [-0.2, -0.15) is 0 Å². The third-order valence-corrected chi connectivity index (χ3v) is 3.90. The molecule has 0 saturated carbocycles. The monoisotopic (exact) mass is 312 g/mol. The maximum atomic E-state index is 11.7. The number of nitrogens with zero attached hydrogens (tertiary/aromatic N) is 2. The van der Waals surface area contributed by atoms with Crippen LogP contribution in [0.25, 0.3) is 0 Å². The van der Waals surface area contributed by atoms with E-state index in [-0.39, 0.29) is 16.4 Å². The highest BCUT2D eigenvalue weighted by Gasteiger charge is 2.28. The number of carbonyl (C=O) groups excluding carboxylic acids is 1. The average Bonchev–Trinajstić information content (AvgIpc) is 2.68. The van der Waals surface area contributed by atoms with Crippen LogP contribution in [0, 0.1) is 10.1 Å². The van der Waals surface area contributed by atoms with Crippen LogP contribution in [0.5, 0.6) is 0 Å². The Kier molecular flexibility index (Phi) is 3.96. The first-order chi connectivity index (χ1) is 8.58. The molecule has 1 saturated heterocycles. The number of hydrogen-bond donors (Lipinski definition) is 0. The molecule has 18 heavy (non-hydrogen) atoms. The van der Waals surface area contributed by atoms with Gasteiger partial charge in [-0.25, -0.2) is 0 Å². The first-order valence-corrected chi connectivity index (χ1v) is 6.65. The fraction of sp³-hybridized carbons (Fsp3) is 0.417. The van der Waals surface area contributed by atoms with Crippen molar-refractivity contribution in [2.45, 2.75) is 17.7 Å². The Hall–Kier alpha value is -1.43. The quantitative estimate of drug-likeness (QED) is 0.486. The minimum absolute atomic E-state index is 0.0469. The number of amides is 1. The standard InChI is InChI=1S/C12H13BrN2O3/c13-11-6-8-14(12(11)16)7-5-9-1-3-10(4-2-9)15(17)18/h1-4,11H,5-8H2. The zero-order valence-electron chi connectivity index (χ0n) is 9.71. The van der Waals surface area contributed by atoms with E-state index in [4.69, 9.17) is 0 Å². The predicted molar refractivity (Wildman–Crippen MR) is 70.7 cm³/mol. The van der Waals surface area contributed by atoms with E-state index in [1.54, 1.807) is 12.1 Å². The molecule has 0 aliphatic carbocycles. The molecule has 1 fully saturated rings. The summed E-state index contributed by atoms with van der Waals surface area (Å²) in [5.41, 5.74) is 1.10. The summed E-state index contributed by atoms with van der Waals surface area (Å²) in [5.74, 6) is 0.136. The Morgan fingerprint density at radius 3 is 2.56 bits per heavy atom. The SMILES string of the molecule is O=C1C(Br)CCN1CCc1ccc([N+](=O)[O-])cc1. The summed E-state index contributed by atoms with van der Waals surface area (Å²) in [7, 11) is 0. The molecule has 1 unspecified atom stereocenters. The molecule has 6 heteroatoms. The van der Waals surface area contributed by atoms with E-state index in [1.807, 2.05) is 4.90 Å². The van der Waals surface area contributed by atoms with E-state index in [0.29, 0.717) is 6.54 Å². The molecule has 0 N–H and O–H groups in total. The molecule has 1 heterocycles. The lowest BCUT2D eigenvalue weighted by Gasteiger charge is -2.15. The molecule has 96 valence electrons. The number of hydrogen-bond acceptors (Lipinski definition) is 3. The van der Waals surface area contributed by atoms with E-state index >= 15 is 0 Å². The van der Waals surface area contributed by atoms with Gasteiger partial charge in [0.25, 0.3) is 5.69 Å². The maximum Gasteiger partial charge on any atom is 0.269 e. The van der Waals surface area contributed by atoms with Crippen molar-refractivity contribution in [2.75, 3.05) is 13.1 Å². The van der Waals surface area contributed by atoms with Crippen molar-refractivity contribution in [1.29, 1.82) is 0 Å². The fourth-order valence-corrected chi connectivity index (χ4v) is 2.47. The van der Waals surface area contributed by atoms with Crippen molar-refractivity contribution in [3.8, 4) is 0 Å². The largest absolute Gasteiger partial charge is 0.341 e. The Morgan fingerprint density at radius 2 is 2.06 bits per heavy atom. The van der Waals surface area contributed by atoms with Crippen molar-refractivity contribution in [3.05, 3.63) is 39.9 Å². The van der Waals surface area contributed by atoms with Gasteiger partial charge >= 0.3 is 0 Å². The van der Waals surface area contributed by atoms with Crippen LogP contribution >= 0.6 is 15.9 Å². The molecule has 1 aromatic carbocycles. The van der Waals surface area contributed by atoms with E-state index < -0.39 is 4.92 Å². The van der Waals surface area contributed by atoms with Gasteiger partial charge < -0.3 is 4.90 Å².